The first-order valence-electron chi connectivity index (χ1n) is 8.73. The minimum atomic E-state index is -0.479. The number of nitro benzene ring substituents is 1. The monoisotopic (exact) mass is 429 g/mol. The van der Waals surface area contributed by atoms with Gasteiger partial charge in [0.2, 0.25) is 0 Å². The predicted octanol–water partition coefficient (Wildman–Crippen LogP) is 3.83. The summed E-state index contributed by atoms with van der Waals surface area (Å²) in [4.78, 5) is 36.7. The number of thiazole rings is 1. The highest BCUT2D eigenvalue weighted by atomic mass is 32.2. The van der Waals surface area contributed by atoms with Crippen LogP contribution in [0.2, 0.25) is 0 Å². The van der Waals surface area contributed by atoms with Gasteiger partial charge < -0.3 is 5.32 Å². The Morgan fingerprint density at radius 2 is 1.93 bits per heavy atom. The number of hydrogen-bond donors (Lipinski definition) is 1. The van der Waals surface area contributed by atoms with Crippen LogP contribution in [0.1, 0.15) is 26.5 Å². The van der Waals surface area contributed by atoms with Crippen LogP contribution in [0.15, 0.2) is 58.2 Å². The number of nitro groups is 1. The van der Waals surface area contributed by atoms with E-state index in [1.807, 2.05) is 30.5 Å². The quantitative estimate of drug-likeness (QED) is 0.350. The first-order valence-corrected chi connectivity index (χ1v) is 10.8. The van der Waals surface area contributed by atoms with Crippen LogP contribution in [0.25, 0.3) is 0 Å². The highest BCUT2D eigenvalue weighted by molar-refractivity contribution is 7.98. The van der Waals surface area contributed by atoms with Crippen LogP contribution in [0.5, 0.6) is 0 Å². The number of benzene rings is 2. The molecule has 1 heterocycles. The van der Waals surface area contributed by atoms with E-state index in [9.17, 15) is 19.7 Å². The van der Waals surface area contributed by atoms with Gasteiger partial charge in [-0.05, 0) is 36.4 Å². The standard InChI is InChI=1S/C20H19N3O4S2/c1-13-18(19(24)21-11-15-4-3-5-16(10-15)23(26)27)29-20(25)22(13)12-14-6-8-17(28-2)9-7-14/h3-10H,11-12H2,1-2H3,(H,21,24). The molecule has 1 aromatic heterocycles. The minimum Gasteiger partial charge on any atom is -0.347 e. The van der Waals surface area contributed by atoms with Gasteiger partial charge in [-0.15, -0.1) is 11.8 Å². The Labute approximate surface area is 175 Å². The van der Waals surface area contributed by atoms with E-state index in [2.05, 4.69) is 5.32 Å². The summed E-state index contributed by atoms with van der Waals surface area (Å²) >= 11 is 2.55. The largest absolute Gasteiger partial charge is 0.347 e. The zero-order valence-corrected chi connectivity index (χ0v) is 17.5. The average Bonchev–Trinajstić information content (AvgIpc) is 3.01. The van der Waals surface area contributed by atoms with E-state index < -0.39 is 4.92 Å². The fourth-order valence-corrected chi connectivity index (χ4v) is 4.14. The molecule has 0 saturated carbocycles. The van der Waals surface area contributed by atoms with Gasteiger partial charge in [0.05, 0.1) is 11.5 Å². The van der Waals surface area contributed by atoms with Crippen molar-refractivity contribution in [3.8, 4) is 0 Å². The second-order valence-electron chi connectivity index (χ2n) is 6.33. The highest BCUT2D eigenvalue weighted by Crippen LogP contribution is 2.18. The van der Waals surface area contributed by atoms with Crippen LogP contribution >= 0.6 is 23.1 Å². The fraction of sp³-hybridized carbons (Fsp3) is 0.200. The molecule has 0 spiro atoms. The van der Waals surface area contributed by atoms with Crippen molar-refractivity contribution >= 4 is 34.7 Å². The topological polar surface area (TPSA) is 94.2 Å². The van der Waals surface area contributed by atoms with Gasteiger partial charge in [0, 0.05) is 29.3 Å². The van der Waals surface area contributed by atoms with Crippen LogP contribution in [0, 0.1) is 17.0 Å². The maximum atomic E-state index is 12.6. The number of nitrogens with zero attached hydrogens (tertiary/aromatic N) is 2. The van der Waals surface area contributed by atoms with E-state index in [-0.39, 0.29) is 23.0 Å². The molecule has 0 fully saturated rings. The Morgan fingerprint density at radius 1 is 1.21 bits per heavy atom. The molecule has 7 nitrogen and oxygen atoms in total. The Hall–Kier alpha value is -2.91. The lowest BCUT2D eigenvalue weighted by atomic mass is 10.2. The molecule has 29 heavy (non-hydrogen) atoms. The molecule has 0 radical (unpaired) electrons. The third-order valence-electron chi connectivity index (χ3n) is 4.42. The van der Waals surface area contributed by atoms with Gasteiger partial charge in [-0.2, -0.15) is 0 Å². The zero-order chi connectivity index (χ0) is 21.0. The number of thioether (sulfide) groups is 1. The van der Waals surface area contributed by atoms with Crippen molar-refractivity contribution in [1.29, 1.82) is 0 Å². The number of carbonyl (C=O) groups is 1. The molecule has 3 rings (SSSR count). The van der Waals surface area contributed by atoms with Gasteiger partial charge in [-0.25, -0.2) is 0 Å². The normalized spacial score (nSPS) is 10.7. The fourth-order valence-electron chi connectivity index (χ4n) is 2.83. The summed E-state index contributed by atoms with van der Waals surface area (Å²) in [7, 11) is 0. The number of nitrogens with one attached hydrogen (secondary N) is 1. The van der Waals surface area contributed by atoms with Crippen LogP contribution in [-0.4, -0.2) is 21.7 Å². The second kappa shape index (κ2) is 9.06. The first-order chi connectivity index (χ1) is 13.9. The second-order valence-corrected chi connectivity index (χ2v) is 8.17. The number of hydrogen-bond acceptors (Lipinski definition) is 6. The molecule has 0 bridgehead atoms. The van der Waals surface area contributed by atoms with Crippen LogP contribution < -0.4 is 10.2 Å². The Kier molecular flexibility index (Phi) is 6.50. The van der Waals surface area contributed by atoms with E-state index >= 15 is 0 Å². The third kappa shape index (κ3) is 4.93. The van der Waals surface area contributed by atoms with Gasteiger partial charge in [-0.1, -0.05) is 35.6 Å². The number of amides is 1. The highest BCUT2D eigenvalue weighted by Gasteiger charge is 2.18. The molecule has 0 atom stereocenters. The van der Waals surface area contributed by atoms with Crippen molar-refractivity contribution in [3.05, 3.63) is 90.0 Å². The summed E-state index contributed by atoms with van der Waals surface area (Å²) in [5, 5.41) is 13.6. The molecule has 1 N–H and O–H groups in total. The SMILES string of the molecule is CSc1ccc(Cn2c(C)c(C(=O)NCc3cccc([N+](=O)[O-])c3)sc2=O)cc1. The lowest BCUT2D eigenvalue weighted by molar-refractivity contribution is -0.384. The summed E-state index contributed by atoms with van der Waals surface area (Å²) in [5.74, 6) is -0.368. The van der Waals surface area contributed by atoms with Crippen molar-refractivity contribution in [2.24, 2.45) is 0 Å². The molecule has 0 saturated heterocycles. The minimum absolute atomic E-state index is 0.0313. The van der Waals surface area contributed by atoms with E-state index in [0.717, 1.165) is 21.8 Å². The zero-order valence-electron chi connectivity index (χ0n) is 15.9. The van der Waals surface area contributed by atoms with Crippen molar-refractivity contribution in [1.82, 2.24) is 9.88 Å². The van der Waals surface area contributed by atoms with Crippen molar-refractivity contribution in [3.63, 3.8) is 0 Å². The van der Waals surface area contributed by atoms with E-state index in [0.29, 0.717) is 22.7 Å². The lowest BCUT2D eigenvalue weighted by Gasteiger charge is -2.08. The van der Waals surface area contributed by atoms with E-state index in [1.165, 1.54) is 12.1 Å². The van der Waals surface area contributed by atoms with Crippen LogP contribution in [0.4, 0.5) is 5.69 Å². The number of rotatable bonds is 7. The molecular weight excluding hydrogens is 410 g/mol. The summed E-state index contributed by atoms with van der Waals surface area (Å²) in [6.07, 6.45) is 2.00. The summed E-state index contributed by atoms with van der Waals surface area (Å²) < 4.78 is 1.58. The molecule has 0 unspecified atom stereocenters. The molecule has 0 aliphatic carbocycles. The molecule has 9 heteroatoms. The van der Waals surface area contributed by atoms with E-state index in [1.54, 1.807) is 35.4 Å². The Balaban J connectivity index is 1.73. The van der Waals surface area contributed by atoms with Crippen molar-refractivity contribution in [2.75, 3.05) is 6.26 Å². The molecule has 2 aromatic carbocycles. The maximum Gasteiger partial charge on any atom is 0.308 e. The predicted molar refractivity (Wildman–Crippen MR) is 115 cm³/mol. The number of non-ortho nitro benzene ring substituents is 1. The Bertz CT molecular complexity index is 1100. The van der Waals surface area contributed by atoms with Crippen molar-refractivity contribution in [2.45, 2.75) is 24.9 Å². The number of carbonyl (C=O) groups excluding carboxylic acids is 1. The smallest absolute Gasteiger partial charge is 0.308 e. The molecule has 1 amide bonds. The molecular formula is C20H19N3O4S2. The average molecular weight is 430 g/mol. The number of aromatic nitrogens is 1. The molecule has 3 aromatic rings. The van der Waals surface area contributed by atoms with Gasteiger partial charge >= 0.3 is 4.87 Å². The third-order valence-corrected chi connectivity index (χ3v) is 6.25. The maximum absolute atomic E-state index is 12.6. The summed E-state index contributed by atoms with van der Waals surface area (Å²) in [5.41, 5.74) is 2.17. The van der Waals surface area contributed by atoms with Gasteiger partial charge in [0.25, 0.3) is 11.6 Å². The molecule has 0 aliphatic rings. The van der Waals surface area contributed by atoms with Crippen LogP contribution in [-0.2, 0) is 13.1 Å². The molecule has 150 valence electrons. The van der Waals surface area contributed by atoms with Gasteiger partial charge in [0.15, 0.2) is 0 Å². The molecule has 0 aliphatic heterocycles. The summed E-state index contributed by atoms with van der Waals surface area (Å²) in [6, 6.07) is 14.0. The van der Waals surface area contributed by atoms with Crippen LogP contribution in [0.3, 0.4) is 0 Å². The van der Waals surface area contributed by atoms with Crippen molar-refractivity contribution < 1.29 is 9.72 Å². The van der Waals surface area contributed by atoms with Gasteiger partial charge in [-0.3, -0.25) is 24.3 Å². The lowest BCUT2D eigenvalue weighted by Crippen LogP contribution is -2.23. The summed E-state index contributed by atoms with van der Waals surface area (Å²) in [6.45, 7) is 2.28. The van der Waals surface area contributed by atoms with E-state index in [4.69, 9.17) is 0 Å². The van der Waals surface area contributed by atoms with Gasteiger partial charge in [0.1, 0.15) is 4.88 Å². The Morgan fingerprint density at radius 3 is 2.59 bits per heavy atom. The first kappa shape index (κ1) is 20.8.